The maximum atomic E-state index is 12.2. The molecule has 0 aromatic heterocycles. The van der Waals surface area contributed by atoms with Crippen LogP contribution in [-0.2, 0) is 11.2 Å². The molecule has 0 heterocycles. The van der Waals surface area contributed by atoms with Gasteiger partial charge in [-0.2, -0.15) is 0 Å². The van der Waals surface area contributed by atoms with Gasteiger partial charge in [-0.3, -0.25) is 9.59 Å². The van der Waals surface area contributed by atoms with Crippen LogP contribution in [0.25, 0.3) is 0 Å². The summed E-state index contributed by atoms with van der Waals surface area (Å²) < 4.78 is 0. The Morgan fingerprint density at radius 3 is 2.43 bits per heavy atom. The number of carboxylic acid groups (broad SMARTS) is 1. The van der Waals surface area contributed by atoms with Gasteiger partial charge in [0.2, 0.25) is 0 Å². The minimum Gasteiger partial charge on any atom is -0.481 e. The number of hydrogen-bond donors (Lipinski definition) is 3. The first-order chi connectivity index (χ1) is 10.1. The molecule has 5 nitrogen and oxygen atoms in total. The molecule has 0 unspecified atom stereocenters. The number of nitrogen functional groups attached to an aromatic ring is 1. The second-order valence-corrected chi connectivity index (χ2v) is 4.59. The molecule has 0 bridgehead atoms. The summed E-state index contributed by atoms with van der Waals surface area (Å²) in [6.07, 6.45) is 0.371. The molecule has 108 valence electrons. The van der Waals surface area contributed by atoms with E-state index in [1.807, 2.05) is 6.07 Å². The first-order valence-electron chi connectivity index (χ1n) is 6.53. The van der Waals surface area contributed by atoms with Gasteiger partial charge in [-0.1, -0.05) is 30.3 Å². The number of hydrogen-bond acceptors (Lipinski definition) is 3. The van der Waals surface area contributed by atoms with Gasteiger partial charge in [0.05, 0.1) is 5.56 Å². The van der Waals surface area contributed by atoms with E-state index in [1.165, 1.54) is 0 Å². The van der Waals surface area contributed by atoms with Crippen LogP contribution in [0.5, 0.6) is 0 Å². The standard InChI is InChI=1S/C16H16N2O3/c17-13-7-3-2-6-12(13)16(21)18-14-8-4-1-5-11(14)9-10-15(19)20/h1-8H,9-10,17H2,(H,18,21)(H,19,20). The molecule has 0 fully saturated rings. The highest BCUT2D eigenvalue weighted by Crippen LogP contribution is 2.19. The van der Waals surface area contributed by atoms with E-state index >= 15 is 0 Å². The second kappa shape index (κ2) is 6.56. The van der Waals surface area contributed by atoms with Crippen molar-refractivity contribution in [1.29, 1.82) is 0 Å². The molecule has 0 aliphatic carbocycles. The predicted octanol–water partition coefficient (Wildman–Crippen LogP) is 2.54. The van der Waals surface area contributed by atoms with E-state index in [0.29, 0.717) is 23.4 Å². The summed E-state index contributed by atoms with van der Waals surface area (Å²) in [6.45, 7) is 0. The zero-order valence-electron chi connectivity index (χ0n) is 11.4. The molecule has 0 aliphatic heterocycles. The van der Waals surface area contributed by atoms with Crippen molar-refractivity contribution >= 4 is 23.3 Å². The van der Waals surface area contributed by atoms with Crippen molar-refractivity contribution in [1.82, 2.24) is 0 Å². The van der Waals surface area contributed by atoms with Crippen molar-refractivity contribution < 1.29 is 14.7 Å². The van der Waals surface area contributed by atoms with Crippen molar-refractivity contribution in [3.05, 3.63) is 59.7 Å². The summed E-state index contributed by atoms with van der Waals surface area (Å²) in [6, 6.07) is 13.9. The lowest BCUT2D eigenvalue weighted by atomic mass is 10.1. The molecular weight excluding hydrogens is 268 g/mol. The predicted molar refractivity (Wildman–Crippen MR) is 81.2 cm³/mol. The summed E-state index contributed by atoms with van der Waals surface area (Å²) in [5.41, 5.74) is 7.95. The summed E-state index contributed by atoms with van der Waals surface area (Å²) in [5.74, 6) is -1.18. The molecule has 0 spiro atoms. The number of nitrogens with two attached hydrogens (primary N) is 1. The van der Waals surface area contributed by atoms with Gasteiger partial charge in [-0.25, -0.2) is 0 Å². The van der Waals surface area contributed by atoms with Crippen LogP contribution in [-0.4, -0.2) is 17.0 Å². The van der Waals surface area contributed by atoms with Gasteiger partial charge in [-0.15, -0.1) is 0 Å². The molecular formula is C16H16N2O3. The molecule has 2 aromatic carbocycles. The molecule has 0 radical (unpaired) electrons. The average molecular weight is 284 g/mol. The number of carbonyl (C=O) groups is 2. The van der Waals surface area contributed by atoms with Crippen LogP contribution in [0.2, 0.25) is 0 Å². The fourth-order valence-corrected chi connectivity index (χ4v) is 2.00. The molecule has 5 heteroatoms. The Bertz CT molecular complexity index is 668. The fraction of sp³-hybridized carbons (Fsp3) is 0.125. The van der Waals surface area contributed by atoms with Crippen LogP contribution < -0.4 is 11.1 Å². The first-order valence-corrected chi connectivity index (χ1v) is 6.53. The van der Waals surface area contributed by atoms with Crippen molar-refractivity contribution in [3.8, 4) is 0 Å². The first kappa shape index (κ1) is 14.6. The molecule has 2 rings (SSSR count). The number of carboxylic acids is 1. The molecule has 21 heavy (non-hydrogen) atoms. The van der Waals surface area contributed by atoms with Gasteiger partial charge in [0.1, 0.15) is 0 Å². The minimum absolute atomic E-state index is 0.0142. The van der Waals surface area contributed by atoms with E-state index in [9.17, 15) is 9.59 Å². The molecule has 0 saturated carbocycles. The van der Waals surface area contributed by atoms with Crippen LogP contribution in [0.1, 0.15) is 22.3 Å². The van der Waals surface area contributed by atoms with Gasteiger partial charge in [0, 0.05) is 17.8 Å². The molecule has 1 amide bonds. The van der Waals surface area contributed by atoms with Gasteiger partial charge in [-0.05, 0) is 30.2 Å². The molecule has 2 aromatic rings. The van der Waals surface area contributed by atoms with Gasteiger partial charge in [0.25, 0.3) is 5.91 Å². The summed E-state index contributed by atoms with van der Waals surface area (Å²) in [7, 11) is 0. The Labute approximate surface area is 122 Å². The van der Waals surface area contributed by atoms with E-state index in [4.69, 9.17) is 10.8 Å². The molecule has 0 saturated heterocycles. The van der Waals surface area contributed by atoms with Gasteiger partial charge >= 0.3 is 5.97 Å². The normalized spacial score (nSPS) is 10.1. The van der Waals surface area contributed by atoms with Gasteiger partial charge < -0.3 is 16.2 Å². The lowest BCUT2D eigenvalue weighted by Crippen LogP contribution is -2.15. The zero-order chi connectivity index (χ0) is 15.2. The lowest BCUT2D eigenvalue weighted by molar-refractivity contribution is -0.136. The number of aryl methyl sites for hydroxylation is 1. The molecule has 0 aliphatic rings. The highest BCUT2D eigenvalue weighted by Gasteiger charge is 2.11. The third-order valence-corrected chi connectivity index (χ3v) is 3.08. The molecule has 0 atom stereocenters. The van der Waals surface area contributed by atoms with Crippen molar-refractivity contribution in [3.63, 3.8) is 0 Å². The zero-order valence-corrected chi connectivity index (χ0v) is 11.4. The quantitative estimate of drug-likeness (QED) is 0.736. The van der Waals surface area contributed by atoms with Crippen LogP contribution in [0.15, 0.2) is 48.5 Å². The number of anilines is 2. The Morgan fingerprint density at radius 1 is 1.05 bits per heavy atom. The lowest BCUT2D eigenvalue weighted by Gasteiger charge is -2.11. The summed E-state index contributed by atoms with van der Waals surface area (Å²) in [5, 5.41) is 11.5. The smallest absolute Gasteiger partial charge is 0.303 e. The topological polar surface area (TPSA) is 92.4 Å². The number of aliphatic carboxylic acids is 1. The van der Waals surface area contributed by atoms with Crippen LogP contribution >= 0.6 is 0 Å². The monoisotopic (exact) mass is 284 g/mol. The Morgan fingerprint density at radius 2 is 1.71 bits per heavy atom. The van der Waals surface area contributed by atoms with Crippen molar-refractivity contribution in [2.45, 2.75) is 12.8 Å². The van der Waals surface area contributed by atoms with E-state index in [2.05, 4.69) is 5.32 Å². The summed E-state index contributed by atoms with van der Waals surface area (Å²) >= 11 is 0. The largest absolute Gasteiger partial charge is 0.481 e. The number of amides is 1. The number of nitrogens with one attached hydrogen (secondary N) is 1. The van der Waals surface area contributed by atoms with E-state index in [1.54, 1.807) is 42.5 Å². The maximum Gasteiger partial charge on any atom is 0.303 e. The Kier molecular flexibility index (Phi) is 4.56. The SMILES string of the molecule is Nc1ccccc1C(=O)Nc1ccccc1CCC(=O)O. The molecule has 4 N–H and O–H groups in total. The van der Waals surface area contributed by atoms with Crippen molar-refractivity contribution in [2.75, 3.05) is 11.1 Å². The Hall–Kier alpha value is -2.82. The van der Waals surface area contributed by atoms with Crippen LogP contribution in [0, 0.1) is 0 Å². The van der Waals surface area contributed by atoms with Gasteiger partial charge in [0.15, 0.2) is 0 Å². The van der Waals surface area contributed by atoms with Crippen LogP contribution in [0.3, 0.4) is 0 Å². The average Bonchev–Trinajstić information content (AvgIpc) is 2.46. The number of carbonyl (C=O) groups excluding carboxylic acids is 1. The third-order valence-electron chi connectivity index (χ3n) is 3.08. The second-order valence-electron chi connectivity index (χ2n) is 4.59. The summed E-state index contributed by atoms with van der Waals surface area (Å²) in [4.78, 5) is 22.9. The van der Waals surface area contributed by atoms with E-state index < -0.39 is 5.97 Å². The highest BCUT2D eigenvalue weighted by molar-refractivity contribution is 6.08. The Balaban J connectivity index is 2.18. The van der Waals surface area contributed by atoms with Crippen molar-refractivity contribution in [2.24, 2.45) is 0 Å². The highest BCUT2D eigenvalue weighted by atomic mass is 16.4. The minimum atomic E-state index is -0.872. The third kappa shape index (κ3) is 3.82. The fourth-order valence-electron chi connectivity index (χ4n) is 2.00. The number of benzene rings is 2. The van der Waals surface area contributed by atoms with E-state index in [0.717, 1.165) is 5.56 Å². The number of rotatable bonds is 5. The van der Waals surface area contributed by atoms with Crippen LogP contribution in [0.4, 0.5) is 11.4 Å². The maximum absolute atomic E-state index is 12.2. The van der Waals surface area contributed by atoms with E-state index in [-0.39, 0.29) is 12.3 Å². The number of para-hydroxylation sites is 2.